The predicted molar refractivity (Wildman–Crippen MR) is 87.0 cm³/mol. The molecule has 0 aromatic heterocycles. The van der Waals surface area contributed by atoms with E-state index in [-0.39, 0.29) is 26.5 Å². The van der Waals surface area contributed by atoms with Crippen molar-refractivity contribution in [3.05, 3.63) is 57.0 Å². The van der Waals surface area contributed by atoms with Gasteiger partial charge in [-0.15, -0.1) is 0 Å². The summed E-state index contributed by atoms with van der Waals surface area (Å²) in [5, 5.41) is 3.01. The summed E-state index contributed by atoms with van der Waals surface area (Å²) in [5.41, 5.74) is -0.656. The maximum Gasteiger partial charge on any atom is 0.416 e. The zero-order chi connectivity index (χ0) is 17.9. The lowest BCUT2D eigenvalue weighted by atomic mass is 10.2. The molecule has 0 atom stereocenters. The summed E-state index contributed by atoms with van der Waals surface area (Å²) >= 11 is 17.5. The number of rotatable bonds is 4. The molecule has 0 saturated carbocycles. The average molecular weight is 399 g/mol. The van der Waals surface area contributed by atoms with Gasteiger partial charge in [-0.3, -0.25) is 4.79 Å². The van der Waals surface area contributed by atoms with Gasteiger partial charge < -0.3 is 10.1 Å². The van der Waals surface area contributed by atoms with Crippen LogP contribution in [0.5, 0.6) is 5.75 Å². The van der Waals surface area contributed by atoms with Gasteiger partial charge in [0, 0.05) is 0 Å². The number of carbonyl (C=O) groups is 1. The number of ether oxygens (including phenoxy) is 1. The minimum absolute atomic E-state index is 0.0831. The van der Waals surface area contributed by atoms with Crippen LogP contribution < -0.4 is 10.1 Å². The first kappa shape index (κ1) is 18.7. The number of carbonyl (C=O) groups excluding carboxylic acids is 1. The number of alkyl halides is 3. The summed E-state index contributed by atoms with van der Waals surface area (Å²) in [7, 11) is 0. The molecule has 0 heterocycles. The van der Waals surface area contributed by atoms with Crippen LogP contribution in [0.3, 0.4) is 0 Å². The van der Waals surface area contributed by atoms with Crippen LogP contribution in [0.2, 0.25) is 15.1 Å². The Morgan fingerprint density at radius 2 is 1.71 bits per heavy atom. The van der Waals surface area contributed by atoms with Gasteiger partial charge in [0.25, 0.3) is 5.91 Å². The van der Waals surface area contributed by atoms with E-state index in [1.165, 1.54) is 24.3 Å². The number of hydrogen-bond donors (Lipinski definition) is 1. The number of halogens is 6. The van der Waals surface area contributed by atoms with E-state index < -0.39 is 24.3 Å². The maximum absolute atomic E-state index is 12.6. The molecule has 2 rings (SSSR count). The summed E-state index contributed by atoms with van der Waals surface area (Å²) in [6, 6.07) is 6.92. The van der Waals surface area contributed by atoms with Gasteiger partial charge in [-0.25, -0.2) is 0 Å². The van der Waals surface area contributed by atoms with Crippen LogP contribution in [-0.2, 0) is 11.0 Å². The first-order chi connectivity index (χ1) is 11.2. The van der Waals surface area contributed by atoms with Crippen LogP contribution in [0.15, 0.2) is 36.4 Å². The van der Waals surface area contributed by atoms with E-state index in [1.807, 2.05) is 0 Å². The molecule has 1 N–H and O–H groups in total. The number of nitrogens with one attached hydrogen (secondary N) is 1. The third kappa shape index (κ3) is 4.93. The van der Waals surface area contributed by atoms with E-state index in [9.17, 15) is 18.0 Å². The second-order valence-corrected chi connectivity index (χ2v) is 5.83. The highest BCUT2D eigenvalue weighted by atomic mass is 35.5. The molecule has 3 nitrogen and oxygen atoms in total. The molecule has 1 amide bonds. The SMILES string of the molecule is O=C(COc1cccc(C(F)(F)F)c1)Nc1cc(Cl)c(Cl)cc1Cl. The molecule has 24 heavy (non-hydrogen) atoms. The van der Waals surface area contributed by atoms with E-state index in [4.69, 9.17) is 39.5 Å². The Morgan fingerprint density at radius 3 is 2.38 bits per heavy atom. The normalized spacial score (nSPS) is 11.2. The molecule has 0 spiro atoms. The van der Waals surface area contributed by atoms with Crippen molar-refractivity contribution in [2.75, 3.05) is 11.9 Å². The van der Waals surface area contributed by atoms with Gasteiger partial charge in [0.05, 0.1) is 26.3 Å². The molecule has 0 aliphatic rings. The van der Waals surface area contributed by atoms with Crippen molar-refractivity contribution in [2.24, 2.45) is 0 Å². The van der Waals surface area contributed by atoms with Crippen molar-refractivity contribution < 1.29 is 22.7 Å². The van der Waals surface area contributed by atoms with Gasteiger partial charge in [0.2, 0.25) is 0 Å². The third-order valence-electron chi connectivity index (χ3n) is 2.82. The van der Waals surface area contributed by atoms with Crippen molar-refractivity contribution in [3.63, 3.8) is 0 Å². The van der Waals surface area contributed by atoms with Crippen molar-refractivity contribution in [2.45, 2.75) is 6.18 Å². The first-order valence-electron chi connectivity index (χ1n) is 6.41. The predicted octanol–water partition coefficient (Wildman–Crippen LogP) is 5.68. The van der Waals surface area contributed by atoms with Crippen molar-refractivity contribution in [1.29, 1.82) is 0 Å². The second-order valence-electron chi connectivity index (χ2n) is 4.61. The molecule has 2 aromatic carbocycles. The topological polar surface area (TPSA) is 38.3 Å². The summed E-state index contributed by atoms with van der Waals surface area (Å²) in [6.45, 7) is -0.502. The lowest BCUT2D eigenvalue weighted by Gasteiger charge is -2.11. The van der Waals surface area contributed by atoms with E-state index in [2.05, 4.69) is 5.32 Å². The summed E-state index contributed by atoms with van der Waals surface area (Å²) in [5.74, 6) is -0.701. The summed E-state index contributed by atoms with van der Waals surface area (Å²) in [4.78, 5) is 11.8. The molecule has 0 saturated heterocycles. The van der Waals surface area contributed by atoms with Crippen LogP contribution in [0, 0.1) is 0 Å². The Kier molecular flexibility index (Phi) is 5.85. The van der Waals surface area contributed by atoms with Crippen molar-refractivity contribution in [1.82, 2.24) is 0 Å². The van der Waals surface area contributed by atoms with Gasteiger partial charge in [0.15, 0.2) is 6.61 Å². The molecular weight excluding hydrogens is 390 g/mol. The molecule has 0 aliphatic carbocycles. The fourth-order valence-corrected chi connectivity index (χ4v) is 2.31. The summed E-state index contributed by atoms with van der Waals surface area (Å²) < 4.78 is 42.8. The van der Waals surface area contributed by atoms with Gasteiger partial charge in [-0.2, -0.15) is 13.2 Å². The Balaban J connectivity index is 2.00. The Hall–Kier alpha value is -1.63. The minimum atomic E-state index is -4.49. The number of benzene rings is 2. The Bertz CT molecular complexity index is 766. The van der Waals surface area contributed by atoms with Crippen LogP contribution in [0.25, 0.3) is 0 Å². The zero-order valence-corrected chi connectivity index (χ0v) is 14.0. The second kappa shape index (κ2) is 7.51. The van der Waals surface area contributed by atoms with Crippen LogP contribution >= 0.6 is 34.8 Å². The van der Waals surface area contributed by atoms with Crippen LogP contribution in [0.4, 0.5) is 18.9 Å². The third-order valence-corrected chi connectivity index (χ3v) is 3.85. The van der Waals surface area contributed by atoms with Crippen molar-refractivity contribution >= 4 is 46.4 Å². The Labute approximate surface area is 150 Å². The standard InChI is InChI=1S/C15H9Cl3F3NO2/c16-10-5-12(18)13(6-11(10)17)22-14(23)7-24-9-3-1-2-8(4-9)15(19,20)21/h1-6H,7H2,(H,22,23). The molecule has 0 aliphatic heterocycles. The molecule has 0 unspecified atom stereocenters. The van der Waals surface area contributed by atoms with E-state index in [1.54, 1.807) is 0 Å². The minimum Gasteiger partial charge on any atom is -0.484 e. The number of anilines is 1. The van der Waals surface area contributed by atoms with Gasteiger partial charge in [-0.05, 0) is 30.3 Å². The molecule has 128 valence electrons. The van der Waals surface area contributed by atoms with Gasteiger partial charge >= 0.3 is 6.18 Å². The lowest BCUT2D eigenvalue weighted by Crippen LogP contribution is -2.20. The lowest BCUT2D eigenvalue weighted by molar-refractivity contribution is -0.137. The number of hydrogen-bond acceptors (Lipinski definition) is 2. The fourth-order valence-electron chi connectivity index (χ4n) is 1.72. The fraction of sp³-hybridized carbons (Fsp3) is 0.133. The highest BCUT2D eigenvalue weighted by Gasteiger charge is 2.30. The quantitative estimate of drug-likeness (QED) is 0.673. The number of amides is 1. The Morgan fingerprint density at radius 1 is 1.04 bits per heavy atom. The van der Waals surface area contributed by atoms with Gasteiger partial charge in [0.1, 0.15) is 5.75 Å². The highest BCUT2D eigenvalue weighted by molar-refractivity contribution is 6.44. The van der Waals surface area contributed by atoms with E-state index in [0.29, 0.717) is 0 Å². The monoisotopic (exact) mass is 397 g/mol. The molecule has 0 radical (unpaired) electrons. The smallest absolute Gasteiger partial charge is 0.416 e. The largest absolute Gasteiger partial charge is 0.484 e. The highest BCUT2D eigenvalue weighted by Crippen LogP contribution is 2.33. The first-order valence-corrected chi connectivity index (χ1v) is 7.54. The van der Waals surface area contributed by atoms with Crippen LogP contribution in [0.1, 0.15) is 5.56 Å². The van der Waals surface area contributed by atoms with E-state index in [0.717, 1.165) is 12.1 Å². The van der Waals surface area contributed by atoms with Crippen molar-refractivity contribution in [3.8, 4) is 5.75 Å². The van der Waals surface area contributed by atoms with Gasteiger partial charge in [-0.1, -0.05) is 40.9 Å². The summed E-state index contributed by atoms with van der Waals surface area (Å²) in [6.07, 6.45) is -4.49. The average Bonchev–Trinajstić information content (AvgIpc) is 2.50. The van der Waals surface area contributed by atoms with E-state index >= 15 is 0 Å². The molecule has 0 fully saturated rings. The maximum atomic E-state index is 12.6. The zero-order valence-electron chi connectivity index (χ0n) is 11.8. The molecule has 0 bridgehead atoms. The molecular formula is C15H9Cl3F3NO2. The van der Waals surface area contributed by atoms with Crippen LogP contribution in [-0.4, -0.2) is 12.5 Å². The molecule has 2 aromatic rings. The molecule has 9 heteroatoms.